The Balaban J connectivity index is 1.75. The molecular formula is C19H22ClN2O2+. The van der Waals surface area contributed by atoms with Crippen LogP contribution < -0.4 is 9.30 Å². The molecule has 4 nitrogen and oxygen atoms in total. The third-order valence-electron chi connectivity index (χ3n) is 4.32. The minimum absolute atomic E-state index is 0.193. The second-order valence-corrected chi connectivity index (χ2v) is 6.51. The van der Waals surface area contributed by atoms with Gasteiger partial charge in [-0.25, -0.2) is 9.13 Å². The number of aromatic nitrogens is 2. The smallest absolute Gasteiger partial charge is 0.254 e. The van der Waals surface area contributed by atoms with Gasteiger partial charge in [0.05, 0.1) is 12.1 Å². The van der Waals surface area contributed by atoms with Crippen molar-refractivity contribution in [3.63, 3.8) is 0 Å². The van der Waals surface area contributed by atoms with Crippen molar-refractivity contribution in [3.8, 4) is 5.75 Å². The van der Waals surface area contributed by atoms with E-state index < -0.39 is 6.10 Å². The zero-order valence-corrected chi connectivity index (χ0v) is 14.9. The summed E-state index contributed by atoms with van der Waals surface area (Å²) in [6.07, 6.45) is -0.629. The highest BCUT2D eigenvalue weighted by Crippen LogP contribution is 2.25. The Bertz CT molecular complexity index is 873. The van der Waals surface area contributed by atoms with Crippen LogP contribution >= 0.6 is 11.6 Å². The number of benzene rings is 2. The number of aryl methyl sites for hydroxylation is 2. The van der Waals surface area contributed by atoms with Crippen LogP contribution in [0.15, 0.2) is 42.5 Å². The zero-order valence-electron chi connectivity index (χ0n) is 14.2. The van der Waals surface area contributed by atoms with Crippen LogP contribution in [-0.2, 0) is 13.6 Å². The van der Waals surface area contributed by atoms with E-state index >= 15 is 0 Å². The summed E-state index contributed by atoms with van der Waals surface area (Å²) in [6.45, 7) is 4.69. The molecule has 2 aromatic carbocycles. The standard InChI is InChI=1S/C19H22ClN2O2/c1-13-8-9-16(20)19(10-13)24-12-15(23)11-22-14(2)21(3)17-6-4-5-7-18(17)22/h4-10,15,23H,11-12H2,1-3H3/q+1. The maximum absolute atomic E-state index is 10.4. The molecule has 3 rings (SSSR count). The van der Waals surface area contributed by atoms with Gasteiger partial charge in [0.2, 0.25) is 0 Å². The maximum atomic E-state index is 10.4. The fourth-order valence-electron chi connectivity index (χ4n) is 2.91. The number of halogens is 1. The Morgan fingerprint density at radius 3 is 2.75 bits per heavy atom. The number of ether oxygens (including phenoxy) is 1. The summed E-state index contributed by atoms with van der Waals surface area (Å²) >= 11 is 6.13. The number of aliphatic hydroxyl groups excluding tert-OH is 1. The first-order chi connectivity index (χ1) is 11.5. The van der Waals surface area contributed by atoms with Crippen LogP contribution in [0.1, 0.15) is 11.4 Å². The summed E-state index contributed by atoms with van der Waals surface area (Å²) in [6, 6.07) is 13.8. The Kier molecular flexibility index (Phi) is 4.78. The largest absolute Gasteiger partial charge is 0.489 e. The maximum Gasteiger partial charge on any atom is 0.254 e. The summed E-state index contributed by atoms with van der Waals surface area (Å²) in [5.74, 6) is 1.69. The molecule has 0 spiro atoms. The van der Waals surface area contributed by atoms with Crippen LogP contribution in [0.3, 0.4) is 0 Å². The van der Waals surface area contributed by atoms with Crippen molar-refractivity contribution in [1.29, 1.82) is 0 Å². The van der Waals surface area contributed by atoms with Gasteiger partial charge in [0, 0.05) is 6.92 Å². The molecule has 0 saturated heterocycles. The quantitative estimate of drug-likeness (QED) is 0.721. The molecule has 0 radical (unpaired) electrons. The van der Waals surface area contributed by atoms with Crippen molar-refractivity contribution >= 4 is 22.6 Å². The van der Waals surface area contributed by atoms with Gasteiger partial charge >= 0.3 is 0 Å². The van der Waals surface area contributed by atoms with Crippen LogP contribution in [0, 0.1) is 13.8 Å². The fourth-order valence-corrected chi connectivity index (χ4v) is 3.08. The van der Waals surface area contributed by atoms with Gasteiger partial charge in [-0.2, -0.15) is 0 Å². The third kappa shape index (κ3) is 3.25. The molecule has 0 aliphatic carbocycles. The zero-order chi connectivity index (χ0) is 17.3. The van der Waals surface area contributed by atoms with E-state index in [-0.39, 0.29) is 6.61 Å². The molecule has 0 fully saturated rings. The van der Waals surface area contributed by atoms with Crippen molar-refractivity contribution in [2.75, 3.05) is 6.61 Å². The van der Waals surface area contributed by atoms with Crippen molar-refractivity contribution in [2.24, 2.45) is 7.05 Å². The topological polar surface area (TPSA) is 38.3 Å². The number of nitrogens with zero attached hydrogens (tertiary/aromatic N) is 2. The average Bonchev–Trinajstić information content (AvgIpc) is 2.81. The Labute approximate surface area is 146 Å². The van der Waals surface area contributed by atoms with Crippen LogP contribution in [0.4, 0.5) is 0 Å². The highest BCUT2D eigenvalue weighted by atomic mass is 35.5. The van der Waals surface area contributed by atoms with Crippen molar-refractivity contribution in [2.45, 2.75) is 26.5 Å². The molecule has 0 saturated carbocycles. The van der Waals surface area contributed by atoms with E-state index in [0.717, 1.165) is 22.4 Å². The van der Waals surface area contributed by atoms with Crippen LogP contribution in [-0.4, -0.2) is 22.4 Å². The molecule has 3 aromatic rings. The summed E-state index contributed by atoms with van der Waals surface area (Å²) in [5, 5.41) is 11.0. The molecule has 0 amide bonds. The number of fused-ring (bicyclic) bond motifs is 1. The summed E-state index contributed by atoms with van der Waals surface area (Å²) in [4.78, 5) is 0. The third-order valence-corrected chi connectivity index (χ3v) is 4.63. The van der Waals surface area contributed by atoms with E-state index in [0.29, 0.717) is 17.3 Å². The highest BCUT2D eigenvalue weighted by Gasteiger charge is 2.21. The SMILES string of the molecule is Cc1ccc(Cl)c(OCC(O)Cn2c(C)[n+](C)c3ccccc32)c1. The van der Waals surface area contributed by atoms with Crippen LogP contribution in [0.5, 0.6) is 5.75 Å². The van der Waals surface area contributed by atoms with Gasteiger partial charge in [-0.3, -0.25) is 0 Å². The van der Waals surface area contributed by atoms with Gasteiger partial charge in [-0.1, -0.05) is 29.8 Å². The van der Waals surface area contributed by atoms with Gasteiger partial charge in [0.15, 0.2) is 11.0 Å². The van der Waals surface area contributed by atoms with Gasteiger partial charge < -0.3 is 9.84 Å². The van der Waals surface area contributed by atoms with Crippen molar-refractivity contribution in [1.82, 2.24) is 4.57 Å². The first-order valence-corrected chi connectivity index (χ1v) is 8.36. The van der Waals surface area contributed by atoms with E-state index in [1.807, 2.05) is 51.2 Å². The van der Waals surface area contributed by atoms with Gasteiger partial charge in [0.25, 0.3) is 5.82 Å². The number of aliphatic hydroxyl groups is 1. The molecular weight excluding hydrogens is 324 g/mol. The average molecular weight is 346 g/mol. The molecule has 24 heavy (non-hydrogen) atoms. The normalized spacial score (nSPS) is 12.5. The highest BCUT2D eigenvalue weighted by molar-refractivity contribution is 6.32. The summed E-state index contributed by atoms with van der Waals surface area (Å²) < 4.78 is 9.95. The second-order valence-electron chi connectivity index (χ2n) is 6.10. The molecule has 1 unspecified atom stereocenters. The lowest BCUT2D eigenvalue weighted by atomic mass is 10.2. The van der Waals surface area contributed by atoms with Crippen LogP contribution in [0.25, 0.3) is 11.0 Å². The number of para-hydroxylation sites is 2. The predicted molar refractivity (Wildman–Crippen MR) is 95.5 cm³/mol. The van der Waals surface area contributed by atoms with E-state index in [1.54, 1.807) is 0 Å². The van der Waals surface area contributed by atoms with Gasteiger partial charge in [-0.15, -0.1) is 0 Å². The van der Waals surface area contributed by atoms with Crippen LogP contribution in [0.2, 0.25) is 5.02 Å². The molecule has 0 bridgehead atoms. The first-order valence-electron chi connectivity index (χ1n) is 7.98. The molecule has 0 aliphatic heterocycles. The Morgan fingerprint density at radius 1 is 1.21 bits per heavy atom. The Morgan fingerprint density at radius 2 is 1.96 bits per heavy atom. The first kappa shape index (κ1) is 16.8. The molecule has 1 atom stereocenters. The number of hydrogen-bond acceptors (Lipinski definition) is 2. The van der Waals surface area contributed by atoms with E-state index in [2.05, 4.69) is 21.3 Å². The Hall–Kier alpha value is -2.04. The molecule has 1 heterocycles. The minimum Gasteiger partial charge on any atom is -0.489 e. The molecule has 0 aliphatic rings. The lowest BCUT2D eigenvalue weighted by Gasteiger charge is -2.13. The molecule has 5 heteroatoms. The lowest BCUT2D eigenvalue weighted by Crippen LogP contribution is -2.32. The number of imidazole rings is 1. The molecule has 1 aromatic heterocycles. The predicted octanol–water partition coefficient (Wildman–Crippen LogP) is 3.18. The number of rotatable bonds is 5. The summed E-state index contributed by atoms with van der Waals surface area (Å²) in [5.41, 5.74) is 3.32. The monoisotopic (exact) mass is 345 g/mol. The van der Waals surface area contributed by atoms with E-state index in [1.165, 1.54) is 0 Å². The fraction of sp³-hybridized carbons (Fsp3) is 0.316. The van der Waals surface area contributed by atoms with Crippen molar-refractivity contribution < 1.29 is 14.4 Å². The number of hydrogen-bond donors (Lipinski definition) is 1. The molecule has 1 N–H and O–H groups in total. The second kappa shape index (κ2) is 6.83. The van der Waals surface area contributed by atoms with Gasteiger partial charge in [-0.05, 0) is 36.8 Å². The van der Waals surface area contributed by atoms with E-state index in [9.17, 15) is 5.11 Å². The van der Waals surface area contributed by atoms with Crippen molar-refractivity contribution in [3.05, 3.63) is 58.9 Å². The van der Waals surface area contributed by atoms with Gasteiger partial charge in [0.1, 0.15) is 25.0 Å². The van der Waals surface area contributed by atoms with E-state index in [4.69, 9.17) is 16.3 Å². The minimum atomic E-state index is -0.629. The summed E-state index contributed by atoms with van der Waals surface area (Å²) in [7, 11) is 2.03. The lowest BCUT2D eigenvalue weighted by molar-refractivity contribution is -0.652. The molecule has 126 valence electrons.